The van der Waals surface area contributed by atoms with Gasteiger partial charge in [0.05, 0.1) is 45.2 Å². The molecule has 0 amide bonds. The highest BCUT2D eigenvalue weighted by molar-refractivity contribution is 5.90. The zero-order valence-corrected chi connectivity index (χ0v) is 26.2. The molecule has 8 N–H and O–H groups in total. The molecule has 268 valence electrons. The van der Waals surface area contributed by atoms with Crippen molar-refractivity contribution >= 4 is 11.9 Å². The van der Waals surface area contributed by atoms with Crippen LogP contribution in [-0.2, 0) is 49.2 Å². The fraction of sp³-hybridized carbons (Fsp3) is 0.613. The number of allylic oxidation sites excluding steroid dienone is 1. The maximum Gasteiger partial charge on any atom is 0.337 e. The molecule has 2 fully saturated rings. The van der Waals surface area contributed by atoms with Crippen LogP contribution in [0.2, 0.25) is 0 Å². The van der Waals surface area contributed by atoms with E-state index in [4.69, 9.17) is 33.2 Å². The van der Waals surface area contributed by atoms with Crippen LogP contribution in [0, 0.1) is 5.92 Å². The maximum atomic E-state index is 12.9. The molecule has 0 bridgehead atoms. The summed E-state index contributed by atoms with van der Waals surface area (Å²) < 4.78 is 38.3. The van der Waals surface area contributed by atoms with Crippen molar-refractivity contribution in [2.24, 2.45) is 5.92 Å². The summed E-state index contributed by atoms with van der Waals surface area (Å²) in [5.41, 5.74) is 1.02. The number of aromatic hydroxyl groups is 1. The Kier molecular flexibility index (Phi) is 13.3. The summed E-state index contributed by atoms with van der Waals surface area (Å²) in [5.74, 6) is -2.33. The monoisotopic (exact) mass is 686 g/mol. The van der Waals surface area contributed by atoms with Crippen molar-refractivity contribution in [1.29, 1.82) is 0 Å². The number of rotatable bonds is 12. The quantitative estimate of drug-likeness (QED) is 0.0834. The third-order valence-corrected chi connectivity index (χ3v) is 8.30. The second-order valence-corrected chi connectivity index (χ2v) is 11.4. The lowest BCUT2D eigenvalue weighted by molar-refractivity contribution is -0.369. The van der Waals surface area contributed by atoms with Gasteiger partial charge in [-0.3, -0.25) is 4.79 Å². The highest BCUT2D eigenvalue weighted by Crippen LogP contribution is 2.37. The van der Waals surface area contributed by atoms with Gasteiger partial charge < -0.3 is 74.0 Å². The van der Waals surface area contributed by atoms with Gasteiger partial charge in [-0.1, -0.05) is 18.2 Å². The van der Waals surface area contributed by atoms with Crippen molar-refractivity contribution in [3.05, 3.63) is 53.3 Å². The van der Waals surface area contributed by atoms with E-state index >= 15 is 0 Å². The number of carbonyl (C=O) groups is 2. The SMILES string of the molecule is CC=C1[C@H](O[C@@H]2O[C@H](CO)[C@@H](O)[C@H](O[C@@H]3O[C@H](CO)[C@@H](O)[C@H](O)[C@H]3O)[C@H]2O)OC=C(C(=O)OC)[C@H]1CC(=O)OCCc1ccc(O)cc1. The first kappa shape index (κ1) is 37.6. The summed E-state index contributed by atoms with van der Waals surface area (Å²) >= 11 is 0. The second kappa shape index (κ2) is 17.0. The van der Waals surface area contributed by atoms with Gasteiger partial charge in [0.2, 0.25) is 6.29 Å². The number of hydrogen-bond acceptors (Lipinski definition) is 17. The zero-order chi connectivity index (χ0) is 35.1. The minimum absolute atomic E-state index is 0.0119. The van der Waals surface area contributed by atoms with Crippen molar-refractivity contribution in [2.75, 3.05) is 26.9 Å². The van der Waals surface area contributed by atoms with Crippen LogP contribution in [0.25, 0.3) is 0 Å². The molecule has 3 aliphatic heterocycles. The number of hydrogen-bond donors (Lipinski definition) is 8. The summed E-state index contributed by atoms with van der Waals surface area (Å²) in [4.78, 5) is 25.5. The minimum atomic E-state index is -1.86. The Morgan fingerprint density at radius 2 is 1.48 bits per heavy atom. The summed E-state index contributed by atoms with van der Waals surface area (Å²) in [6.45, 7) is 0.0588. The number of methoxy groups -OCH3 is 1. The van der Waals surface area contributed by atoms with Gasteiger partial charge in [0.25, 0.3) is 0 Å². The van der Waals surface area contributed by atoms with Gasteiger partial charge in [0.15, 0.2) is 12.6 Å². The number of ether oxygens (including phenoxy) is 7. The van der Waals surface area contributed by atoms with Crippen molar-refractivity contribution in [1.82, 2.24) is 0 Å². The molecule has 17 heteroatoms. The highest BCUT2D eigenvalue weighted by atomic mass is 16.8. The first-order chi connectivity index (χ1) is 22.9. The predicted molar refractivity (Wildman–Crippen MR) is 157 cm³/mol. The summed E-state index contributed by atoms with van der Waals surface area (Å²) in [7, 11) is 1.15. The Morgan fingerprint density at radius 1 is 0.854 bits per heavy atom. The van der Waals surface area contributed by atoms with Crippen LogP contribution in [0.4, 0.5) is 0 Å². The number of aliphatic hydroxyl groups excluding tert-OH is 7. The van der Waals surface area contributed by atoms with Crippen LogP contribution in [0.5, 0.6) is 5.75 Å². The standard InChI is InChI=1S/C31H42O17/c1-3-16-17(10-21(35)43-9-8-14-4-6-15(34)7-5-14)18(28(41)42-2)13-44-29(16)48-31-26(40)27(23(37)20(12-33)46-31)47-30-25(39)24(38)22(36)19(11-32)45-30/h3-7,13,17,19-20,22-27,29-34,36-40H,8-12H2,1-2H3/t17-,19+,20+,22+,23+,24-,25+,26+,27-,29-,30-,31-/m0/s1. The van der Waals surface area contributed by atoms with Crippen molar-refractivity contribution in [3.8, 4) is 5.75 Å². The van der Waals surface area contributed by atoms with E-state index in [1.807, 2.05) is 0 Å². The van der Waals surface area contributed by atoms with E-state index in [1.165, 1.54) is 18.2 Å². The van der Waals surface area contributed by atoms with Gasteiger partial charge in [-0.15, -0.1) is 0 Å². The van der Waals surface area contributed by atoms with E-state index in [2.05, 4.69) is 0 Å². The molecule has 3 heterocycles. The van der Waals surface area contributed by atoms with E-state index in [1.54, 1.807) is 19.1 Å². The summed E-state index contributed by atoms with van der Waals surface area (Å²) in [6, 6.07) is 6.37. The molecule has 48 heavy (non-hydrogen) atoms. The van der Waals surface area contributed by atoms with E-state index in [0.29, 0.717) is 6.42 Å². The predicted octanol–water partition coefficient (Wildman–Crippen LogP) is -2.52. The van der Waals surface area contributed by atoms with Crippen molar-refractivity contribution < 1.29 is 83.6 Å². The number of esters is 2. The topological polar surface area (TPSA) is 261 Å². The molecule has 0 saturated carbocycles. The van der Waals surface area contributed by atoms with Crippen LogP contribution >= 0.6 is 0 Å². The molecule has 0 spiro atoms. The lowest BCUT2D eigenvalue weighted by Crippen LogP contribution is -2.65. The van der Waals surface area contributed by atoms with E-state index in [9.17, 15) is 50.4 Å². The molecule has 0 aliphatic carbocycles. The molecule has 0 aromatic heterocycles. The molecule has 2 saturated heterocycles. The van der Waals surface area contributed by atoms with E-state index in [-0.39, 0.29) is 29.9 Å². The highest BCUT2D eigenvalue weighted by Gasteiger charge is 2.52. The van der Waals surface area contributed by atoms with Gasteiger partial charge in [-0.25, -0.2) is 4.79 Å². The zero-order valence-electron chi connectivity index (χ0n) is 26.2. The smallest absolute Gasteiger partial charge is 0.337 e. The van der Waals surface area contributed by atoms with Gasteiger partial charge in [-0.2, -0.15) is 0 Å². The van der Waals surface area contributed by atoms with Gasteiger partial charge in [-0.05, 0) is 24.6 Å². The van der Waals surface area contributed by atoms with E-state index in [0.717, 1.165) is 18.9 Å². The Morgan fingerprint density at radius 3 is 2.08 bits per heavy atom. The Balaban J connectivity index is 1.48. The average molecular weight is 687 g/mol. The largest absolute Gasteiger partial charge is 0.508 e. The lowest BCUT2D eigenvalue weighted by atomic mass is 9.86. The summed E-state index contributed by atoms with van der Waals surface area (Å²) in [5, 5.41) is 81.5. The third kappa shape index (κ3) is 8.50. The van der Waals surface area contributed by atoms with Crippen molar-refractivity contribution in [2.45, 2.75) is 87.5 Å². The molecule has 0 radical (unpaired) electrons. The number of benzene rings is 1. The molecule has 12 atom stereocenters. The number of carbonyl (C=O) groups excluding carboxylic acids is 2. The second-order valence-electron chi connectivity index (χ2n) is 11.4. The molecule has 3 aliphatic rings. The number of aliphatic hydroxyl groups is 7. The molecule has 1 aromatic carbocycles. The van der Waals surface area contributed by atoms with Crippen LogP contribution in [0.1, 0.15) is 18.9 Å². The molecule has 17 nitrogen and oxygen atoms in total. The Labute approximate surface area is 275 Å². The fourth-order valence-corrected chi connectivity index (χ4v) is 5.58. The first-order valence-corrected chi connectivity index (χ1v) is 15.2. The van der Waals surface area contributed by atoms with Crippen LogP contribution in [0.15, 0.2) is 47.7 Å². The molecule has 0 unspecified atom stereocenters. The minimum Gasteiger partial charge on any atom is -0.508 e. The van der Waals surface area contributed by atoms with Crippen molar-refractivity contribution in [3.63, 3.8) is 0 Å². The van der Waals surface area contributed by atoms with Gasteiger partial charge in [0.1, 0.15) is 54.6 Å². The van der Waals surface area contributed by atoms with Crippen LogP contribution < -0.4 is 0 Å². The molecular formula is C31H42O17. The van der Waals surface area contributed by atoms with Crippen LogP contribution in [-0.4, -0.2) is 147 Å². The average Bonchev–Trinajstić information content (AvgIpc) is 3.08. The molecule has 4 rings (SSSR count). The first-order valence-electron chi connectivity index (χ1n) is 15.2. The van der Waals surface area contributed by atoms with Crippen LogP contribution in [0.3, 0.4) is 0 Å². The fourth-order valence-electron chi connectivity index (χ4n) is 5.58. The molecular weight excluding hydrogens is 644 g/mol. The van der Waals surface area contributed by atoms with Gasteiger partial charge >= 0.3 is 11.9 Å². The Bertz CT molecular complexity index is 1280. The third-order valence-electron chi connectivity index (χ3n) is 8.30. The van der Waals surface area contributed by atoms with Gasteiger partial charge in [0, 0.05) is 17.9 Å². The maximum absolute atomic E-state index is 12.9. The number of phenols is 1. The molecule has 1 aromatic rings. The number of phenolic OH excluding ortho intramolecular Hbond substituents is 1. The lowest BCUT2D eigenvalue weighted by Gasteiger charge is -2.46. The normalized spacial score (nSPS) is 36.2. The summed E-state index contributed by atoms with van der Waals surface area (Å²) in [6.07, 6.45) is -15.6. The Hall–Kier alpha value is -3.20. The van der Waals surface area contributed by atoms with E-state index < -0.39 is 98.8 Å².